The Labute approximate surface area is 227 Å². The summed E-state index contributed by atoms with van der Waals surface area (Å²) >= 11 is 6.36. The van der Waals surface area contributed by atoms with Crippen LogP contribution in [-0.4, -0.2) is 65.2 Å². The van der Waals surface area contributed by atoms with Crippen molar-refractivity contribution in [3.05, 3.63) is 64.4 Å². The molecule has 0 spiro atoms. The third-order valence-electron chi connectivity index (χ3n) is 6.47. The van der Waals surface area contributed by atoms with Crippen LogP contribution in [0.3, 0.4) is 0 Å². The number of hydrogen-bond donors (Lipinski definition) is 1. The fourth-order valence-electron chi connectivity index (χ4n) is 4.45. The summed E-state index contributed by atoms with van der Waals surface area (Å²) in [7, 11) is 0. The fraction of sp³-hybridized carbons (Fsp3) is 0.385. The number of carbonyl (C=O) groups is 1. The summed E-state index contributed by atoms with van der Waals surface area (Å²) in [6.07, 6.45) is -2.07. The Bertz CT molecular complexity index is 1320. The van der Waals surface area contributed by atoms with Crippen LogP contribution in [0.2, 0.25) is 5.02 Å². The number of carbonyl (C=O) groups excluding carboxylic acids is 1. The second-order valence-corrected chi connectivity index (χ2v) is 9.46. The SMILES string of the molecule is O=C(CCOc1nc2c(c(Nc3ccc(C(F)(F)F)cc3)n1)CCN(c1ncccc1Cl)C2)N1CCOCC1. The molecule has 0 unspecified atom stereocenters. The van der Waals surface area contributed by atoms with Gasteiger partial charge in [-0.2, -0.15) is 23.1 Å². The summed E-state index contributed by atoms with van der Waals surface area (Å²) in [5, 5.41) is 3.63. The van der Waals surface area contributed by atoms with Crippen molar-refractivity contribution in [2.45, 2.75) is 25.6 Å². The van der Waals surface area contributed by atoms with Gasteiger partial charge in [0.05, 0.1) is 42.5 Å². The Balaban J connectivity index is 1.37. The molecule has 39 heavy (non-hydrogen) atoms. The Morgan fingerprint density at radius 1 is 1.10 bits per heavy atom. The van der Waals surface area contributed by atoms with Crippen molar-refractivity contribution in [2.75, 3.05) is 49.7 Å². The number of aromatic nitrogens is 3. The molecule has 13 heteroatoms. The lowest BCUT2D eigenvalue weighted by molar-refractivity contribution is -0.137. The number of morpholine rings is 1. The van der Waals surface area contributed by atoms with Crippen molar-refractivity contribution in [3.8, 4) is 6.01 Å². The standard InChI is InChI=1S/C26H26ClF3N6O3/c27-20-2-1-9-31-24(20)36-10-7-19-21(16-36)33-25(39-13-8-22(37)35-11-14-38-15-12-35)34-23(19)32-18-5-3-17(4-6-18)26(28,29)30/h1-6,9H,7-8,10-16H2,(H,32,33,34). The number of fused-ring (bicyclic) bond motifs is 1. The van der Waals surface area contributed by atoms with Gasteiger partial charge in [0.2, 0.25) is 5.91 Å². The van der Waals surface area contributed by atoms with Gasteiger partial charge in [-0.3, -0.25) is 4.79 Å². The van der Waals surface area contributed by atoms with Gasteiger partial charge in [0.1, 0.15) is 18.2 Å². The summed E-state index contributed by atoms with van der Waals surface area (Å²) < 4.78 is 50.1. The number of rotatable bonds is 7. The van der Waals surface area contributed by atoms with E-state index in [-0.39, 0.29) is 24.9 Å². The molecular formula is C26H26ClF3N6O3. The first-order valence-electron chi connectivity index (χ1n) is 12.5. The summed E-state index contributed by atoms with van der Waals surface area (Å²) in [4.78, 5) is 29.7. The van der Waals surface area contributed by atoms with Crippen molar-refractivity contribution in [3.63, 3.8) is 0 Å². The molecule has 1 fully saturated rings. The number of amides is 1. The van der Waals surface area contributed by atoms with Gasteiger partial charge in [-0.25, -0.2) is 4.98 Å². The van der Waals surface area contributed by atoms with E-state index in [9.17, 15) is 18.0 Å². The number of alkyl halides is 3. The van der Waals surface area contributed by atoms with Crippen molar-refractivity contribution in [2.24, 2.45) is 0 Å². The minimum Gasteiger partial charge on any atom is -0.463 e. The molecule has 1 amide bonds. The highest BCUT2D eigenvalue weighted by atomic mass is 35.5. The molecule has 2 aliphatic heterocycles. The van der Waals surface area contributed by atoms with Gasteiger partial charge in [-0.15, -0.1) is 0 Å². The van der Waals surface area contributed by atoms with Gasteiger partial charge in [-0.05, 0) is 42.8 Å². The highest BCUT2D eigenvalue weighted by Crippen LogP contribution is 2.33. The molecule has 4 heterocycles. The van der Waals surface area contributed by atoms with Crippen LogP contribution in [0, 0.1) is 0 Å². The van der Waals surface area contributed by atoms with Gasteiger partial charge in [0, 0.05) is 37.1 Å². The molecular weight excluding hydrogens is 537 g/mol. The number of ether oxygens (including phenoxy) is 2. The summed E-state index contributed by atoms with van der Waals surface area (Å²) in [6, 6.07) is 8.29. The Hall–Kier alpha value is -3.64. The van der Waals surface area contributed by atoms with Gasteiger partial charge < -0.3 is 24.6 Å². The average Bonchev–Trinajstić information content (AvgIpc) is 2.93. The lowest BCUT2D eigenvalue weighted by Gasteiger charge is -2.30. The van der Waals surface area contributed by atoms with Crippen LogP contribution in [0.1, 0.15) is 23.2 Å². The van der Waals surface area contributed by atoms with Crippen LogP contribution < -0.4 is 15.0 Å². The molecule has 3 aromatic rings. The van der Waals surface area contributed by atoms with Gasteiger partial charge in [0.15, 0.2) is 0 Å². The van der Waals surface area contributed by atoms with E-state index in [2.05, 4.69) is 20.3 Å². The first kappa shape index (κ1) is 26.9. The molecule has 0 atom stereocenters. The zero-order valence-corrected chi connectivity index (χ0v) is 21.6. The Morgan fingerprint density at radius 3 is 2.59 bits per heavy atom. The van der Waals surface area contributed by atoms with Crippen LogP contribution in [0.4, 0.5) is 30.5 Å². The molecule has 0 saturated carbocycles. The van der Waals surface area contributed by atoms with E-state index >= 15 is 0 Å². The minimum atomic E-state index is -4.43. The minimum absolute atomic E-state index is 0.0460. The van der Waals surface area contributed by atoms with Gasteiger partial charge in [0.25, 0.3) is 0 Å². The van der Waals surface area contributed by atoms with Crippen LogP contribution >= 0.6 is 11.6 Å². The number of anilines is 3. The molecule has 5 rings (SSSR count). The maximum absolute atomic E-state index is 13.0. The Morgan fingerprint density at radius 2 is 1.87 bits per heavy atom. The van der Waals surface area contributed by atoms with E-state index in [1.807, 2.05) is 4.90 Å². The van der Waals surface area contributed by atoms with E-state index in [0.29, 0.717) is 73.9 Å². The van der Waals surface area contributed by atoms with Crippen molar-refractivity contribution in [1.82, 2.24) is 19.9 Å². The molecule has 1 aromatic carbocycles. The van der Waals surface area contributed by atoms with E-state index < -0.39 is 11.7 Å². The molecule has 1 saturated heterocycles. The average molecular weight is 563 g/mol. The molecule has 2 aliphatic rings. The number of benzene rings is 1. The second kappa shape index (κ2) is 11.6. The van der Waals surface area contributed by atoms with Crippen molar-refractivity contribution < 1.29 is 27.4 Å². The quantitative estimate of drug-likeness (QED) is 0.451. The molecule has 0 radical (unpaired) electrons. The van der Waals surface area contributed by atoms with E-state index in [4.69, 9.17) is 21.1 Å². The molecule has 0 aliphatic carbocycles. The lowest BCUT2D eigenvalue weighted by atomic mass is 10.1. The third kappa shape index (κ3) is 6.51. The van der Waals surface area contributed by atoms with Crippen LogP contribution in [0.25, 0.3) is 0 Å². The molecule has 1 N–H and O–H groups in total. The topological polar surface area (TPSA) is 92.7 Å². The van der Waals surface area contributed by atoms with Crippen LogP contribution in [0.15, 0.2) is 42.6 Å². The van der Waals surface area contributed by atoms with E-state index in [1.54, 1.807) is 23.2 Å². The highest BCUT2D eigenvalue weighted by molar-refractivity contribution is 6.32. The maximum Gasteiger partial charge on any atom is 0.416 e. The first-order valence-corrected chi connectivity index (χ1v) is 12.8. The van der Waals surface area contributed by atoms with Gasteiger partial charge in [-0.1, -0.05) is 11.6 Å². The Kier molecular flexibility index (Phi) is 8.03. The largest absolute Gasteiger partial charge is 0.463 e. The number of nitrogens with zero attached hydrogens (tertiary/aromatic N) is 5. The monoisotopic (exact) mass is 562 g/mol. The van der Waals surface area contributed by atoms with Crippen LogP contribution in [-0.2, 0) is 28.7 Å². The second-order valence-electron chi connectivity index (χ2n) is 9.05. The zero-order chi connectivity index (χ0) is 27.4. The number of halogens is 4. The summed E-state index contributed by atoms with van der Waals surface area (Å²) in [6.45, 7) is 3.14. The predicted octanol–water partition coefficient (Wildman–Crippen LogP) is 4.48. The first-order chi connectivity index (χ1) is 18.8. The molecule has 0 bridgehead atoms. The van der Waals surface area contributed by atoms with Crippen LogP contribution in [0.5, 0.6) is 6.01 Å². The molecule has 9 nitrogen and oxygen atoms in total. The lowest BCUT2D eigenvalue weighted by Crippen LogP contribution is -2.41. The summed E-state index contributed by atoms with van der Waals surface area (Å²) in [5.74, 6) is 1.01. The third-order valence-corrected chi connectivity index (χ3v) is 6.76. The fourth-order valence-corrected chi connectivity index (χ4v) is 4.69. The number of pyridine rings is 1. The smallest absolute Gasteiger partial charge is 0.416 e. The van der Waals surface area contributed by atoms with E-state index in [0.717, 1.165) is 17.7 Å². The zero-order valence-electron chi connectivity index (χ0n) is 20.9. The highest BCUT2D eigenvalue weighted by Gasteiger charge is 2.30. The molecule has 206 valence electrons. The predicted molar refractivity (Wildman–Crippen MR) is 138 cm³/mol. The number of hydrogen-bond acceptors (Lipinski definition) is 8. The summed E-state index contributed by atoms with van der Waals surface area (Å²) in [5.41, 5.74) is 1.18. The maximum atomic E-state index is 13.0. The normalized spacial score (nSPS) is 15.6. The van der Waals surface area contributed by atoms with Gasteiger partial charge >= 0.3 is 12.2 Å². The number of nitrogens with one attached hydrogen (secondary N) is 1. The van der Waals surface area contributed by atoms with E-state index in [1.165, 1.54) is 12.1 Å². The van der Waals surface area contributed by atoms with Crippen molar-refractivity contribution >= 4 is 34.8 Å². The van der Waals surface area contributed by atoms with Crippen molar-refractivity contribution in [1.29, 1.82) is 0 Å². The molecule has 2 aromatic heterocycles.